The van der Waals surface area contributed by atoms with Crippen molar-refractivity contribution in [1.29, 1.82) is 5.26 Å². The number of nitriles is 1. The molecule has 19 heavy (non-hydrogen) atoms. The highest BCUT2D eigenvalue weighted by Gasteiger charge is 2.19. The number of benzene rings is 1. The summed E-state index contributed by atoms with van der Waals surface area (Å²) in [6.45, 7) is 1.82. The normalized spacial score (nSPS) is 9.89. The van der Waals surface area contributed by atoms with Gasteiger partial charge in [-0.25, -0.2) is 0 Å². The molecule has 8 nitrogen and oxygen atoms in total. The van der Waals surface area contributed by atoms with Crippen LogP contribution >= 0.6 is 0 Å². The molecule has 0 aliphatic rings. The Morgan fingerprint density at radius 1 is 1.58 bits per heavy atom. The molecule has 0 amide bonds. The first kappa shape index (κ1) is 12.5. The molecule has 0 saturated heterocycles. The van der Waals surface area contributed by atoms with Crippen molar-refractivity contribution in [3.8, 4) is 6.07 Å². The number of hydrogen-bond acceptors (Lipinski definition) is 7. The quantitative estimate of drug-likeness (QED) is 0.656. The lowest BCUT2D eigenvalue weighted by Gasteiger charge is -2.05. The van der Waals surface area contributed by atoms with Crippen molar-refractivity contribution in [2.45, 2.75) is 13.5 Å². The number of anilines is 1. The third-order valence-electron chi connectivity index (χ3n) is 2.35. The van der Waals surface area contributed by atoms with Crippen molar-refractivity contribution >= 4 is 11.4 Å². The molecule has 1 N–H and O–H groups in total. The highest BCUT2D eigenvalue weighted by Crippen LogP contribution is 2.28. The molecule has 1 heterocycles. The predicted octanol–water partition coefficient (Wildman–Crippen LogP) is 1.77. The van der Waals surface area contributed by atoms with Gasteiger partial charge in [0, 0.05) is 6.92 Å². The maximum Gasteiger partial charge on any atom is 0.309 e. The molecular weight excluding hydrogens is 250 g/mol. The molecule has 0 spiro atoms. The van der Waals surface area contributed by atoms with Gasteiger partial charge in [0.05, 0.1) is 11.5 Å². The van der Waals surface area contributed by atoms with Crippen molar-refractivity contribution in [1.82, 2.24) is 10.1 Å². The Hall–Kier alpha value is -2.95. The Labute approximate surface area is 107 Å². The zero-order chi connectivity index (χ0) is 13.8. The maximum absolute atomic E-state index is 11.0. The number of nitro groups is 1. The number of aromatic nitrogens is 2. The number of nitrogens with one attached hydrogen (secondary N) is 1. The van der Waals surface area contributed by atoms with E-state index in [2.05, 4.69) is 15.5 Å². The number of hydrogen-bond donors (Lipinski definition) is 1. The van der Waals surface area contributed by atoms with Gasteiger partial charge in [-0.1, -0.05) is 11.2 Å². The lowest BCUT2D eigenvalue weighted by atomic mass is 10.1. The van der Waals surface area contributed by atoms with Gasteiger partial charge in [-0.3, -0.25) is 10.1 Å². The molecule has 96 valence electrons. The van der Waals surface area contributed by atoms with Crippen molar-refractivity contribution in [2.75, 3.05) is 5.32 Å². The summed E-state index contributed by atoms with van der Waals surface area (Å²) < 4.78 is 4.79. The van der Waals surface area contributed by atoms with Crippen LogP contribution in [-0.2, 0) is 6.54 Å². The number of nitrogens with zero attached hydrogens (tertiary/aromatic N) is 4. The zero-order valence-electron chi connectivity index (χ0n) is 9.95. The topological polar surface area (TPSA) is 118 Å². The van der Waals surface area contributed by atoms with Crippen molar-refractivity contribution in [2.24, 2.45) is 0 Å². The first-order chi connectivity index (χ1) is 9.11. The first-order valence-corrected chi connectivity index (χ1v) is 5.32. The second-order valence-electron chi connectivity index (χ2n) is 3.65. The second kappa shape index (κ2) is 5.14. The highest BCUT2D eigenvalue weighted by molar-refractivity contribution is 5.68. The first-order valence-electron chi connectivity index (χ1n) is 5.32. The molecule has 0 aliphatic heterocycles. The van der Waals surface area contributed by atoms with Crippen LogP contribution in [0.3, 0.4) is 0 Å². The summed E-state index contributed by atoms with van der Waals surface area (Å²) in [5.74, 6) is 0.797. The summed E-state index contributed by atoms with van der Waals surface area (Å²) >= 11 is 0. The Balaban J connectivity index is 2.25. The molecule has 8 heteroatoms. The molecule has 0 radical (unpaired) electrons. The summed E-state index contributed by atoms with van der Waals surface area (Å²) in [4.78, 5) is 14.4. The van der Waals surface area contributed by atoms with E-state index in [9.17, 15) is 10.1 Å². The van der Waals surface area contributed by atoms with Gasteiger partial charge in [0.25, 0.3) is 0 Å². The summed E-state index contributed by atoms with van der Waals surface area (Å²) in [5.41, 5.74) is -0.0176. The van der Waals surface area contributed by atoms with Crippen molar-refractivity contribution < 1.29 is 9.45 Å². The van der Waals surface area contributed by atoms with Gasteiger partial charge >= 0.3 is 5.69 Å². The summed E-state index contributed by atoms with van der Waals surface area (Å²) in [5, 5.41) is 26.3. The molecule has 0 fully saturated rings. The van der Waals surface area contributed by atoms with E-state index in [1.54, 1.807) is 19.1 Å². The van der Waals surface area contributed by atoms with E-state index in [0.29, 0.717) is 11.7 Å². The minimum absolute atomic E-state index is 0.000655. The van der Waals surface area contributed by atoms with E-state index in [-0.39, 0.29) is 23.5 Å². The lowest BCUT2D eigenvalue weighted by Crippen LogP contribution is -2.05. The molecule has 1 aromatic heterocycles. The van der Waals surface area contributed by atoms with Gasteiger partial charge in [0.1, 0.15) is 17.3 Å². The van der Waals surface area contributed by atoms with Crippen LogP contribution in [0, 0.1) is 28.4 Å². The molecule has 2 aromatic rings. The maximum atomic E-state index is 11.0. The van der Waals surface area contributed by atoms with Crippen LogP contribution in [0.5, 0.6) is 0 Å². The molecule has 0 atom stereocenters. The Morgan fingerprint density at radius 2 is 2.37 bits per heavy atom. The number of nitro benzene ring substituents is 1. The van der Waals surface area contributed by atoms with Crippen LogP contribution < -0.4 is 5.32 Å². The Bertz CT molecular complexity index is 659. The highest BCUT2D eigenvalue weighted by atomic mass is 16.6. The monoisotopic (exact) mass is 259 g/mol. The van der Waals surface area contributed by atoms with Crippen LogP contribution in [0.15, 0.2) is 22.7 Å². The van der Waals surface area contributed by atoms with Gasteiger partial charge in [-0.15, -0.1) is 0 Å². The van der Waals surface area contributed by atoms with Gasteiger partial charge in [0.2, 0.25) is 5.89 Å². The molecule has 2 rings (SSSR count). The zero-order valence-corrected chi connectivity index (χ0v) is 9.95. The fourth-order valence-corrected chi connectivity index (χ4v) is 1.56. The van der Waals surface area contributed by atoms with Gasteiger partial charge in [-0.05, 0) is 12.1 Å². The minimum atomic E-state index is -0.595. The average molecular weight is 259 g/mol. The van der Waals surface area contributed by atoms with Crippen LogP contribution in [0.1, 0.15) is 17.3 Å². The van der Waals surface area contributed by atoms with Crippen molar-refractivity contribution in [3.63, 3.8) is 0 Å². The third-order valence-corrected chi connectivity index (χ3v) is 2.35. The Morgan fingerprint density at radius 3 is 2.95 bits per heavy atom. The summed E-state index contributed by atoms with van der Waals surface area (Å²) in [6, 6.07) is 6.26. The molecule has 0 aliphatic carbocycles. The van der Waals surface area contributed by atoms with E-state index in [4.69, 9.17) is 9.78 Å². The average Bonchev–Trinajstić information content (AvgIpc) is 2.81. The van der Waals surface area contributed by atoms with Crippen LogP contribution in [-0.4, -0.2) is 15.1 Å². The SMILES string of the molecule is Cc1nc(CNc2cccc(C#N)c2[N+](=O)[O-])no1. The molecule has 0 bridgehead atoms. The molecular formula is C11H9N5O3. The Kier molecular flexibility index (Phi) is 3.38. The van der Waals surface area contributed by atoms with E-state index in [1.807, 2.05) is 0 Å². The molecule has 0 saturated carbocycles. The number of para-hydroxylation sites is 1. The van der Waals surface area contributed by atoms with Crippen LogP contribution in [0.4, 0.5) is 11.4 Å². The standard InChI is InChI=1S/C11H9N5O3/c1-7-14-10(15-19-7)6-13-9-4-2-3-8(5-12)11(9)16(17)18/h2-4,13H,6H2,1H3. The van der Waals surface area contributed by atoms with Crippen LogP contribution in [0.2, 0.25) is 0 Å². The molecule has 1 aromatic carbocycles. The summed E-state index contributed by atoms with van der Waals surface area (Å²) in [6.07, 6.45) is 0. The molecule has 0 unspecified atom stereocenters. The van der Waals surface area contributed by atoms with Gasteiger partial charge in [0.15, 0.2) is 5.82 Å². The largest absolute Gasteiger partial charge is 0.372 e. The third kappa shape index (κ3) is 2.66. The smallest absolute Gasteiger partial charge is 0.309 e. The van der Waals surface area contributed by atoms with E-state index < -0.39 is 4.92 Å². The second-order valence-corrected chi connectivity index (χ2v) is 3.65. The van der Waals surface area contributed by atoms with E-state index in [0.717, 1.165) is 0 Å². The van der Waals surface area contributed by atoms with Crippen LogP contribution in [0.25, 0.3) is 0 Å². The fourth-order valence-electron chi connectivity index (χ4n) is 1.56. The van der Waals surface area contributed by atoms with Crippen molar-refractivity contribution in [3.05, 3.63) is 45.6 Å². The number of rotatable bonds is 4. The predicted molar refractivity (Wildman–Crippen MR) is 64.2 cm³/mol. The van der Waals surface area contributed by atoms with Gasteiger partial charge < -0.3 is 9.84 Å². The van der Waals surface area contributed by atoms with E-state index >= 15 is 0 Å². The summed E-state index contributed by atoms with van der Waals surface area (Å²) in [7, 11) is 0. The van der Waals surface area contributed by atoms with E-state index in [1.165, 1.54) is 12.1 Å². The number of aryl methyl sites for hydroxylation is 1. The minimum Gasteiger partial charge on any atom is -0.372 e. The van der Waals surface area contributed by atoms with Gasteiger partial charge in [-0.2, -0.15) is 10.2 Å². The lowest BCUT2D eigenvalue weighted by molar-refractivity contribution is -0.384. The fraction of sp³-hybridized carbons (Fsp3) is 0.182.